The van der Waals surface area contributed by atoms with Crippen molar-refractivity contribution in [3.05, 3.63) is 66.8 Å². The standard InChI is InChI=1S/C12H7Cl2N3O4/c13-7-1-2-10(14)9(3-7)11(18)6-16-5-8(17(20)21)4-15-12(16)19/h1-5H,6H2. The van der Waals surface area contributed by atoms with Crippen LogP contribution in [0, 0.1) is 10.1 Å². The lowest BCUT2D eigenvalue weighted by atomic mass is 10.1. The molecule has 0 aliphatic rings. The fourth-order valence-electron chi connectivity index (χ4n) is 1.60. The van der Waals surface area contributed by atoms with Gasteiger partial charge in [0.25, 0.3) is 0 Å². The summed E-state index contributed by atoms with van der Waals surface area (Å²) >= 11 is 11.7. The zero-order valence-corrected chi connectivity index (χ0v) is 11.8. The van der Waals surface area contributed by atoms with E-state index in [9.17, 15) is 19.7 Å². The minimum Gasteiger partial charge on any atom is -0.292 e. The van der Waals surface area contributed by atoms with Crippen molar-refractivity contribution in [1.82, 2.24) is 9.55 Å². The Morgan fingerprint density at radius 2 is 2.10 bits per heavy atom. The minimum absolute atomic E-state index is 0.127. The second-order valence-electron chi connectivity index (χ2n) is 4.03. The third kappa shape index (κ3) is 3.45. The second kappa shape index (κ2) is 6.02. The van der Waals surface area contributed by atoms with E-state index in [-0.39, 0.29) is 16.3 Å². The maximum absolute atomic E-state index is 12.1. The topological polar surface area (TPSA) is 95.1 Å². The van der Waals surface area contributed by atoms with Crippen LogP contribution in [0.25, 0.3) is 0 Å². The molecule has 2 rings (SSSR count). The fourth-order valence-corrected chi connectivity index (χ4v) is 2.00. The first-order valence-corrected chi connectivity index (χ1v) is 6.33. The van der Waals surface area contributed by atoms with E-state index in [0.29, 0.717) is 5.02 Å². The number of aromatic nitrogens is 2. The molecule has 0 fully saturated rings. The first kappa shape index (κ1) is 15.1. The van der Waals surface area contributed by atoms with Crippen molar-refractivity contribution in [3.63, 3.8) is 0 Å². The molecule has 0 aliphatic heterocycles. The molecule has 0 amide bonds. The molecule has 0 spiro atoms. The van der Waals surface area contributed by atoms with Gasteiger partial charge in [-0.1, -0.05) is 23.2 Å². The van der Waals surface area contributed by atoms with Gasteiger partial charge in [-0.3, -0.25) is 19.5 Å². The van der Waals surface area contributed by atoms with E-state index in [1.165, 1.54) is 18.2 Å². The quantitative estimate of drug-likeness (QED) is 0.488. The van der Waals surface area contributed by atoms with Crippen LogP contribution in [0.2, 0.25) is 10.0 Å². The third-order valence-electron chi connectivity index (χ3n) is 2.59. The molecule has 0 unspecified atom stereocenters. The molecular formula is C12H7Cl2N3O4. The van der Waals surface area contributed by atoms with Crippen molar-refractivity contribution in [2.24, 2.45) is 0 Å². The Kier molecular flexibility index (Phi) is 4.35. The number of ketones is 1. The summed E-state index contributed by atoms with van der Waals surface area (Å²) in [6, 6.07) is 4.33. The van der Waals surface area contributed by atoms with E-state index in [2.05, 4.69) is 4.98 Å². The number of carbonyl (C=O) groups excluding carboxylic acids is 1. The number of halogens is 2. The molecule has 0 bridgehead atoms. The zero-order valence-electron chi connectivity index (χ0n) is 10.3. The minimum atomic E-state index is -0.771. The van der Waals surface area contributed by atoms with Gasteiger partial charge in [-0.25, -0.2) is 4.79 Å². The first-order valence-electron chi connectivity index (χ1n) is 5.57. The maximum atomic E-state index is 12.1. The van der Waals surface area contributed by atoms with Gasteiger partial charge in [-0.2, -0.15) is 4.98 Å². The summed E-state index contributed by atoms with van der Waals surface area (Å²) in [5.41, 5.74) is -1.03. The molecule has 21 heavy (non-hydrogen) atoms. The summed E-state index contributed by atoms with van der Waals surface area (Å²) in [5.74, 6) is -0.508. The van der Waals surface area contributed by atoms with E-state index >= 15 is 0 Å². The Bertz CT molecular complexity index is 788. The average molecular weight is 328 g/mol. The molecule has 9 heteroatoms. The normalized spacial score (nSPS) is 10.4. The van der Waals surface area contributed by atoms with Crippen molar-refractivity contribution >= 4 is 34.7 Å². The monoisotopic (exact) mass is 327 g/mol. The number of nitro groups is 1. The molecule has 0 aliphatic carbocycles. The average Bonchev–Trinajstić information content (AvgIpc) is 2.43. The molecule has 0 N–H and O–H groups in total. The molecule has 0 radical (unpaired) electrons. The molecular weight excluding hydrogens is 321 g/mol. The van der Waals surface area contributed by atoms with E-state index in [0.717, 1.165) is 17.0 Å². The highest BCUT2D eigenvalue weighted by Crippen LogP contribution is 2.21. The number of nitrogens with zero attached hydrogens (tertiary/aromatic N) is 3. The summed E-state index contributed by atoms with van der Waals surface area (Å²) in [5, 5.41) is 11.1. The molecule has 1 aromatic carbocycles. The molecule has 1 heterocycles. The van der Waals surface area contributed by atoms with Crippen LogP contribution in [0.1, 0.15) is 10.4 Å². The predicted octanol–water partition coefficient (Wildman–Crippen LogP) is 2.34. The summed E-state index contributed by atoms with van der Waals surface area (Å²) < 4.78 is 0.845. The Labute approximate surface area is 127 Å². The Morgan fingerprint density at radius 3 is 2.76 bits per heavy atom. The smallest absolute Gasteiger partial charge is 0.292 e. The van der Waals surface area contributed by atoms with Crippen LogP contribution >= 0.6 is 23.2 Å². The molecule has 0 atom stereocenters. The van der Waals surface area contributed by atoms with Crippen LogP contribution in [0.15, 0.2) is 35.4 Å². The van der Waals surface area contributed by atoms with Gasteiger partial charge >= 0.3 is 11.4 Å². The highest BCUT2D eigenvalue weighted by Gasteiger charge is 2.15. The van der Waals surface area contributed by atoms with Gasteiger partial charge < -0.3 is 0 Å². The summed E-state index contributed by atoms with van der Waals surface area (Å²) in [6.07, 6.45) is 1.78. The SMILES string of the molecule is O=C(Cn1cc([N+](=O)[O-])cnc1=O)c1cc(Cl)ccc1Cl. The van der Waals surface area contributed by atoms with Gasteiger partial charge in [0, 0.05) is 10.6 Å². The molecule has 108 valence electrons. The number of carbonyl (C=O) groups is 1. The molecule has 1 aromatic heterocycles. The lowest BCUT2D eigenvalue weighted by molar-refractivity contribution is -0.385. The van der Waals surface area contributed by atoms with Crippen LogP contribution in [0.3, 0.4) is 0 Å². The first-order chi connectivity index (χ1) is 9.88. The van der Waals surface area contributed by atoms with Crippen molar-refractivity contribution in [2.75, 3.05) is 0 Å². The largest absolute Gasteiger partial charge is 0.348 e. The predicted molar refractivity (Wildman–Crippen MR) is 75.9 cm³/mol. The number of rotatable bonds is 4. The van der Waals surface area contributed by atoms with Gasteiger partial charge in [0.2, 0.25) is 0 Å². The van der Waals surface area contributed by atoms with Crippen LogP contribution in [0.5, 0.6) is 0 Å². The number of hydrogen-bond acceptors (Lipinski definition) is 5. The van der Waals surface area contributed by atoms with Crippen molar-refractivity contribution in [2.45, 2.75) is 6.54 Å². The summed E-state index contributed by atoms with van der Waals surface area (Å²) in [7, 11) is 0. The van der Waals surface area contributed by atoms with Crippen LogP contribution in [-0.2, 0) is 6.54 Å². The number of hydrogen-bond donors (Lipinski definition) is 0. The second-order valence-corrected chi connectivity index (χ2v) is 4.87. The summed E-state index contributed by atoms with van der Waals surface area (Å²) in [4.78, 5) is 36.9. The number of benzene rings is 1. The summed E-state index contributed by atoms with van der Waals surface area (Å²) in [6.45, 7) is -0.423. The highest BCUT2D eigenvalue weighted by atomic mass is 35.5. The lowest BCUT2D eigenvalue weighted by Crippen LogP contribution is -2.26. The van der Waals surface area contributed by atoms with Gasteiger partial charge in [0.1, 0.15) is 6.20 Å². The van der Waals surface area contributed by atoms with Crippen LogP contribution in [0.4, 0.5) is 5.69 Å². The van der Waals surface area contributed by atoms with Gasteiger partial charge in [-0.15, -0.1) is 0 Å². The van der Waals surface area contributed by atoms with Crippen molar-refractivity contribution in [3.8, 4) is 0 Å². The molecule has 0 saturated heterocycles. The van der Waals surface area contributed by atoms with Crippen LogP contribution in [-0.4, -0.2) is 20.3 Å². The van der Waals surface area contributed by atoms with Crippen LogP contribution < -0.4 is 5.69 Å². The Morgan fingerprint density at radius 1 is 1.38 bits per heavy atom. The van der Waals surface area contributed by atoms with Gasteiger partial charge in [0.05, 0.1) is 22.7 Å². The van der Waals surface area contributed by atoms with Gasteiger partial charge in [-0.05, 0) is 18.2 Å². The highest BCUT2D eigenvalue weighted by molar-refractivity contribution is 6.35. The van der Waals surface area contributed by atoms with Gasteiger partial charge in [0.15, 0.2) is 5.78 Å². The molecule has 0 saturated carbocycles. The lowest BCUT2D eigenvalue weighted by Gasteiger charge is -2.06. The molecule has 7 nitrogen and oxygen atoms in total. The van der Waals surface area contributed by atoms with Crippen molar-refractivity contribution < 1.29 is 9.72 Å². The number of Topliss-reactive ketones (excluding diaryl/α,β-unsaturated/α-hetero) is 1. The maximum Gasteiger partial charge on any atom is 0.348 e. The Balaban J connectivity index is 2.35. The van der Waals surface area contributed by atoms with E-state index < -0.39 is 22.9 Å². The molecule has 2 aromatic rings. The Hall–Kier alpha value is -2.25. The van der Waals surface area contributed by atoms with E-state index in [1.807, 2.05) is 0 Å². The third-order valence-corrected chi connectivity index (χ3v) is 3.16. The van der Waals surface area contributed by atoms with Crippen molar-refractivity contribution in [1.29, 1.82) is 0 Å². The zero-order chi connectivity index (χ0) is 15.6. The van der Waals surface area contributed by atoms with E-state index in [4.69, 9.17) is 23.2 Å². The fraction of sp³-hybridized carbons (Fsp3) is 0.0833. The van der Waals surface area contributed by atoms with E-state index in [1.54, 1.807) is 0 Å².